The van der Waals surface area contributed by atoms with Crippen molar-refractivity contribution >= 4 is 23.5 Å². The number of ether oxygens (including phenoxy) is 3. The summed E-state index contributed by atoms with van der Waals surface area (Å²) in [6.45, 7) is 11.4. The van der Waals surface area contributed by atoms with Crippen LogP contribution in [0, 0.1) is 0 Å². The van der Waals surface area contributed by atoms with Crippen LogP contribution >= 0.6 is 0 Å². The number of fused-ring (bicyclic) bond motifs is 1. The van der Waals surface area contributed by atoms with Gasteiger partial charge in [0.15, 0.2) is 18.1 Å². The summed E-state index contributed by atoms with van der Waals surface area (Å²) in [5.41, 5.74) is 2.40. The normalized spacial score (nSPS) is 14.2. The lowest BCUT2D eigenvalue weighted by Gasteiger charge is -2.29. The molecule has 1 aromatic heterocycles. The molecule has 2 aromatic carbocycles. The smallest absolute Gasteiger partial charge is 0.260 e. The van der Waals surface area contributed by atoms with Crippen molar-refractivity contribution in [2.24, 2.45) is 0 Å². The first-order valence-electron chi connectivity index (χ1n) is 13.5. The molecule has 40 heavy (non-hydrogen) atoms. The van der Waals surface area contributed by atoms with Crippen molar-refractivity contribution in [3.8, 4) is 17.2 Å². The van der Waals surface area contributed by atoms with Gasteiger partial charge in [-0.25, -0.2) is 4.68 Å². The zero-order chi connectivity index (χ0) is 28.6. The third kappa shape index (κ3) is 6.03. The van der Waals surface area contributed by atoms with Gasteiger partial charge in [0.1, 0.15) is 18.1 Å². The number of aromatic nitrogens is 3. The van der Waals surface area contributed by atoms with Crippen molar-refractivity contribution in [2.45, 2.75) is 40.7 Å². The average Bonchev–Trinajstić information content (AvgIpc) is 3.41. The number of para-hydroxylation sites is 2. The fraction of sp³-hybridized carbons (Fsp3) is 0.379. The van der Waals surface area contributed by atoms with E-state index in [0.717, 1.165) is 5.56 Å². The van der Waals surface area contributed by atoms with E-state index in [1.165, 1.54) is 6.33 Å². The number of amides is 2. The van der Waals surface area contributed by atoms with E-state index in [2.05, 4.69) is 20.7 Å². The van der Waals surface area contributed by atoms with E-state index in [-0.39, 0.29) is 18.4 Å². The highest BCUT2D eigenvalue weighted by Crippen LogP contribution is 2.39. The number of benzene rings is 2. The molecule has 11 heteroatoms. The molecule has 0 radical (unpaired) electrons. The number of hydrogen-bond acceptors (Lipinski definition) is 8. The predicted octanol–water partition coefficient (Wildman–Crippen LogP) is 4.25. The summed E-state index contributed by atoms with van der Waals surface area (Å²) < 4.78 is 19.1. The number of nitrogens with one attached hydrogen (secondary N) is 2. The molecule has 4 rings (SSSR count). The van der Waals surface area contributed by atoms with Gasteiger partial charge in [-0.2, -0.15) is 10.1 Å². The Balaban J connectivity index is 1.68. The summed E-state index contributed by atoms with van der Waals surface area (Å²) in [4.78, 5) is 32.3. The van der Waals surface area contributed by atoms with Crippen LogP contribution in [0.1, 0.15) is 46.2 Å². The van der Waals surface area contributed by atoms with Gasteiger partial charge in [-0.1, -0.05) is 18.2 Å². The molecule has 11 nitrogen and oxygen atoms in total. The van der Waals surface area contributed by atoms with Gasteiger partial charge in [-0.3, -0.25) is 9.59 Å². The summed E-state index contributed by atoms with van der Waals surface area (Å²) in [6, 6.07) is 12.1. The predicted molar refractivity (Wildman–Crippen MR) is 152 cm³/mol. The number of allylic oxidation sites excluding steroid dienone is 1. The number of carbonyl (C=O) groups is 2. The maximum absolute atomic E-state index is 13.8. The van der Waals surface area contributed by atoms with Crippen LogP contribution in [0.25, 0.3) is 0 Å². The molecule has 0 saturated heterocycles. The van der Waals surface area contributed by atoms with Crippen molar-refractivity contribution in [2.75, 3.05) is 43.5 Å². The van der Waals surface area contributed by atoms with Crippen LogP contribution in [0.15, 0.2) is 60.1 Å². The topological polar surface area (TPSA) is 120 Å². The number of likely N-dealkylation sites (N-methyl/N-ethyl adjacent to an activating group) is 1. The van der Waals surface area contributed by atoms with Gasteiger partial charge in [0.25, 0.3) is 11.8 Å². The van der Waals surface area contributed by atoms with Crippen molar-refractivity contribution in [1.29, 1.82) is 0 Å². The van der Waals surface area contributed by atoms with E-state index in [4.69, 9.17) is 14.2 Å². The Morgan fingerprint density at radius 2 is 1.70 bits per heavy atom. The van der Waals surface area contributed by atoms with E-state index in [9.17, 15) is 9.59 Å². The van der Waals surface area contributed by atoms with Gasteiger partial charge >= 0.3 is 0 Å². The van der Waals surface area contributed by atoms with E-state index < -0.39 is 6.04 Å². The maximum atomic E-state index is 13.8. The third-order valence-corrected chi connectivity index (χ3v) is 6.52. The number of hydrogen-bond donors (Lipinski definition) is 2. The number of carbonyl (C=O) groups excluding carboxylic acids is 2. The lowest BCUT2D eigenvalue weighted by Crippen LogP contribution is -2.34. The monoisotopic (exact) mass is 548 g/mol. The molecule has 0 spiro atoms. The fourth-order valence-electron chi connectivity index (χ4n) is 4.62. The molecule has 0 aliphatic carbocycles. The molecule has 1 aliphatic heterocycles. The Bertz CT molecular complexity index is 1380. The van der Waals surface area contributed by atoms with E-state index >= 15 is 0 Å². The summed E-state index contributed by atoms with van der Waals surface area (Å²) in [7, 11) is 0. The van der Waals surface area contributed by atoms with Crippen molar-refractivity contribution in [1.82, 2.24) is 19.7 Å². The molecule has 0 bridgehead atoms. The molecule has 1 aliphatic rings. The fourth-order valence-corrected chi connectivity index (χ4v) is 4.62. The van der Waals surface area contributed by atoms with Gasteiger partial charge in [-0.15, -0.1) is 0 Å². The average molecular weight is 549 g/mol. The number of nitrogens with zero attached hydrogens (tertiary/aromatic N) is 4. The van der Waals surface area contributed by atoms with Crippen molar-refractivity contribution in [3.63, 3.8) is 0 Å². The Kier molecular flexibility index (Phi) is 9.26. The molecule has 0 fully saturated rings. The Morgan fingerprint density at radius 1 is 0.975 bits per heavy atom. The molecule has 2 heterocycles. The molecule has 212 valence electrons. The van der Waals surface area contributed by atoms with Gasteiger partial charge in [0, 0.05) is 18.8 Å². The maximum Gasteiger partial charge on any atom is 0.260 e. The zero-order valence-corrected chi connectivity index (χ0v) is 23.6. The second-order valence-corrected chi connectivity index (χ2v) is 8.97. The molecule has 1 unspecified atom stereocenters. The minimum atomic E-state index is -0.608. The first-order valence-corrected chi connectivity index (χ1v) is 13.5. The highest BCUT2D eigenvalue weighted by molar-refractivity contribution is 6.06. The van der Waals surface area contributed by atoms with Crippen LogP contribution in [0.3, 0.4) is 0 Å². The Morgan fingerprint density at radius 3 is 2.42 bits per heavy atom. The first-order chi connectivity index (χ1) is 19.4. The van der Waals surface area contributed by atoms with E-state index in [0.29, 0.717) is 66.5 Å². The molecule has 2 amide bonds. The van der Waals surface area contributed by atoms with Crippen molar-refractivity contribution in [3.05, 3.63) is 65.6 Å². The van der Waals surface area contributed by atoms with E-state index in [1.54, 1.807) is 21.7 Å². The van der Waals surface area contributed by atoms with Crippen LogP contribution in [0.4, 0.5) is 11.6 Å². The summed E-state index contributed by atoms with van der Waals surface area (Å²) in [6.07, 6.45) is 1.44. The third-order valence-electron chi connectivity index (χ3n) is 6.52. The zero-order valence-electron chi connectivity index (χ0n) is 23.6. The lowest BCUT2D eigenvalue weighted by molar-refractivity contribution is -0.133. The van der Waals surface area contributed by atoms with Crippen molar-refractivity contribution < 1.29 is 23.8 Å². The molecular weight excluding hydrogens is 512 g/mol. The molecular formula is C29H36N6O5. The summed E-state index contributed by atoms with van der Waals surface area (Å²) >= 11 is 0. The van der Waals surface area contributed by atoms with Crippen LogP contribution in [0.2, 0.25) is 0 Å². The quantitative estimate of drug-likeness (QED) is 0.345. The minimum absolute atomic E-state index is 0.104. The summed E-state index contributed by atoms with van der Waals surface area (Å²) in [5.74, 6) is 1.58. The second kappa shape index (κ2) is 13.0. The largest absolute Gasteiger partial charge is 0.492 e. The Labute approximate surface area is 234 Å². The highest BCUT2D eigenvalue weighted by Gasteiger charge is 2.34. The van der Waals surface area contributed by atoms with E-state index in [1.807, 2.05) is 65.0 Å². The van der Waals surface area contributed by atoms with Crippen LogP contribution in [-0.4, -0.2) is 64.4 Å². The standard InChI is InChI=1S/C29H36N6O5/c1-6-34(7-2)25(36)17-40-23-15-14-20(16-24(23)39-9-4)27-26(19(5)32-29-30-18-31-35(27)29)28(37)33-21-12-10-11-13-22(21)38-8-3/h10-16,18,27H,6-9,17H2,1-5H3,(H,33,37)(H,30,31,32). The van der Waals surface area contributed by atoms with Gasteiger partial charge in [0.2, 0.25) is 5.95 Å². The molecule has 0 saturated carbocycles. The van der Waals surface area contributed by atoms with Gasteiger partial charge in [0.05, 0.1) is 24.5 Å². The SMILES string of the molecule is CCOc1ccccc1NC(=O)C1=C(C)Nc2ncnn2C1c1ccc(OCC(=O)N(CC)CC)c(OCC)c1. The van der Waals surface area contributed by atoms with Crippen LogP contribution < -0.4 is 24.8 Å². The molecule has 3 aromatic rings. The van der Waals surface area contributed by atoms with Gasteiger partial charge < -0.3 is 29.7 Å². The number of rotatable bonds is 12. The molecule has 2 N–H and O–H groups in total. The summed E-state index contributed by atoms with van der Waals surface area (Å²) in [5, 5.41) is 10.6. The second-order valence-electron chi connectivity index (χ2n) is 8.97. The van der Waals surface area contributed by atoms with Gasteiger partial charge in [-0.05, 0) is 64.4 Å². The molecule has 1 atom stereocenters. The van der Waals surface area contributed by atoms with Crippen LogP contribution in [0.5, 0.6) is 17.2 Å². The minimum Gasteiger partial charge on any atom is -0.492 e. The van der Waals surface area contributed by atoms with Crippen LogP contribution in [-0.2, 0) is 9.59 Å². The lowest BCUT2D eigenvalue weighted by atomic mass is 9.94. The number of anilines is 2. The highest BCUT2D eigenvalue weighted by atomic mass is 16.5. The Hall–Kier alpha value is -4.54. The first kappa shape index (κ1) is 28.5.